The van der Waals surface area contributed by atoms with Crippen molar-refractivity contribution in [3.05, 3.63) is 59.7 Å². The maximum atomic E-state index is 13.0. The van der Waals surface area contributed by atoms with Gasteiger partial charge in [0.15, 0.2) is 0 Å². The van der Waals surface area contributed by atoms with Crippen LogP contribution >= 0.6 is 0 Å². The van der Waals surface area contributed by atoms with Crippen LogP contribution in [0.1, 0.15) is 57.1 Å². The monoisotopic (exact) mass is 522 g/mol. The summed E-state index contributed by atoms with van der Waals surface area (Å²) in [5.41, 5.74) is 2.99. The molecular weight excluding hydrogens is 484 g/mol. The first-order chi connectivity index (χ1) is 18.1. The van der Waals surface area contributed by atoms with Crippen molar-refractivity contribution < 1.29 is 24.3 Å². The average molecular weight is 523 g/mol. The fourth-order valence-electron chi connectivity index (χ4n) is 4.72. The third-order valence-corrected chi connectivity index (χ3v) is 6.74. The van der Waals surface area contributed by atoms with E-state index in [1.54, 1.807) is 24.3 Å². The predicted molar refractivity (Wildman–Crippen MR) is 147 cm³/mol. The minimum Gasteiger partial charge on any atom is -0.481 e. The number of carbonyl (C=O) groups excluding carboxylic acids is 3. The van der Waals surface area contributed by atoms with Gasteiger partial charge < -0.3 is 26.4 Å². The summed E-state index contributed by atoms with van der Waals surface area (Å²) in [5, 5.41) is 20.8. The molecule has 3 rings (SSSR count). The van der Waals surface area contributed by atoms with Gasteiger partial charge in [0.25, 0.3) is 0 Å². The molecule has 2 unspecified atom stereocenters. The minimum absolute atomic E-state index is 0.0682. The Kier molecular flexibility index (Phi) is 10.3. The molecule has 4 amide bonds. The van der Waals surface area contributed by atoms with Crippen LogP contribution in [-0.2, 0) is 20.8 Å². The first-order valence-corrected chi connectivity index (χ1v) is 13.2. The molecule has 0 spiro atoms. The molecule has 5 N–H and O–H groups in total. The fourth-order valence-corrected chi connectivity index (χ4v) is 4.72. The summed E-state index contributed by atoms with van der Waals surface area (Å²) in [6, 6.07) is 12.9. The first kappa shape index (κ1) is 28.7. The van der Waals surface area contributed by atoms with E-state index in [1.807, 2.05) is 45.0 Å². The molecule has 0 bridgehead atoms. The number of hydrogen-bond donors (Lipinski definition) is 5. The Bertz CT molecular complexity index is 1130. The molecule has 2 aromatic rings. The highest BCUT2D eigenvalue weighted by molar-refractivity contribution is 6.00. The maximum absolute atomic E-state index is 13.0. The number of nitrogens with one attached hydrogen (secondary N) is 4. The number of para-hydroxylation sites is 1. The van der Waals surface area contributed by atoms with Gasteiger partial charge in [-0.1, -0.05) is 57.0 Å². The van der Waals surface area contributed by atoms with Crippen molar-refractivity contribution in [2.75, 3.05) is 10.6 Å². The Morgan fingerprint density at radius 1 is 0.947 bits per heavy atom. The maximum Gasteiger partial charge on any atom is 0.323 e. The third kappa shape index (κ3) is 8.61. The second kappa shape index (κ2) is 13.6. The van der Waals surface area contributed by atoms with Crippen LogP contribution in [0.3, 0.4) is 0 Å². The number of hydrogen-bond acceptors (Lipinski definition) is 4. The molecule has 1 fully saturated rings. The van der Waals surface area contributed by atoms with Crippen LogP contribution in [0.4, 0.5) is 16.2 Å². The van der Waals surface area contributed by atoms with E-state index in [4.69, 9.17) is 0 Å². The normalized spacial score (nSPS) is 17.8. The lowest BCUT2D eigenvalue weighted by Gasteiger charge is -2.31. The highest BCUT2D eigenvalue weighted by atomic mass is 16.4. The van der Waals surface area contributed by atoms with E-state index in [2.05, 4.69) is 21.3 Å². The number of carboxylic acid groups (broad SMARTS) is 1. The lowest BCUT2D eigenvalue weighted by atomic mass is 9.84. The number of aryl methyl sites for hydroxylation is 1. The van der Waals surface area contributed by atoms with Crippen LogP contribution in [-0.4, -0.2) is 41.0 Å². The van der Waals surface area contributed by atoms with Crippen molar-refractivity contribution in [3.8, 4) is 0 Å². The van der Waals surface area contributed by atoms with E-state index in [9.17, 15) is 24.3 Å². The standard InChI is InChI=1S/C29H38N4O5/c1-18(2)16-25(27(35)32-24-11-7-5-9-22(24)28(36)37)31-26(34)17-20-12-14-21(15-13-20)30-29(38)33-23-10-6-4-8-19(23)3/h4,6,8,10,12-15,18,22,24-25H,5,7,9,11,16-17H2,1-3H3,(H,31,34)(H,32,35)(H,36,37)(H2,30,33,38)/t22?,24?,25-/m0/s1. The Morgan fingerprint density at radius 3 is 2.29 bits per heavy atom. The number of anilines is 2. The summed E-state index contributed by atoms with van der Waals surface area (Å²) in [7, 11) is 0. The van der Waals surface area contributed by atoms with Crippen molar-refractivity contribution in [1.82, 2.24) is 10.6 Å². The molecule has 0 saturated heterocycles. The van der Waals surface area contributed by atoms with Crippen molar-refractivity contribution >= 4 is 35.2 Å². The predicted octanol–water partition coefficient (Wildman–Crippen LogP) is 4.47. The van der Waals surface area contributed by atoms with Crippen molar-refractivity contribution in [2.45, 2.75) is 71.4 Å². The van der Waals surface area contributed by atoms with E-state index < -0.39 is 24.0 Å². The van der Waals surface area contributed by atoms with E-state index in [1.165, 1.54) is 0 Å². The van der Waals surface area contributed by atoms with Crippen molar-refractivity contribution in [3.63, 3.8) is 0 Å². The fraction of sp³-hybridized carbons (Fsp3) is 0.448. The summed E-state index contributed by atoms with van der Waals surface area (Å²) in [6.07, 6.45) is 3.38. The molecule has 204 valence electrons. The number of carbonyl (C=O) groups is 4. The molecule has 0 heterocycles. The largest absolute Gasteiger partial charge is 0.481 e. The molecule has 0 aliphatic heterocycles. The van der Waals surface area contributed by atoms with Crippen molar-refractivity contribution in [1.29, 1.82) is 0 Å². The Labute approximate surface area is 223 Å². The number of rotatable bonds is 10. The summed E-state index contributed by atoms with van der Waals surface area (Å²) in [6.45, 7) is 5.84. The van der Waals surface area contributed by atoms with Gasteiger partial charge >= 0.3 is 12.0 Å². The summed E-state index contributed by atoms with van der Waals surface area (Å²) < 4.78 is 0. The average Bonchev–Trinajstić information content (AvgIpc) is 2.86. The van der Waals surface area contributed by atoms with Gasteiger partial charge in [-0.2, -0.15) is 0 Å². The van der Waals surface area contributed by atoms with E-state index in [-0.39, 0.29) is 30.2 Å². The molecule has 2 aromatic carbocycles. The lowest BCUT2D eigenvalue weighted by molar-refractivity contribution is -0.144. The number of urea groups is 1. The minimum atomic E-state index is -0.898. The van der Waals surface area contributed by atoms with Crippen LogP contribution in [0.2, 0.25) is 0 Å². The van der Waals surface area contributed by atoms with Gasteiger partial charge in [-0.05, 0) is 61.4 Å². The molecule has 1 saturated carbocycles. The Balaban J connectivity index is 1.55. The van der Waals surface area contributed by atoms with Crippen LogP contribution in [0.15, 0.2) is 48.5 Å². The lowest BCUT2D eigenvalue weighted by Crippen LogP contribution is -2.53. The number of aliphatic carboxylic acids is 1. The van der Waals surface area contributed by atoms with Gasteiger partial charge in [-0.3, -0.25) is 14.4 Å². The molecule has 3 atom stereocenters. The Hall–Kier alpha value is -3.88. The van der Waals surface area contributed by atoms with Gasteiger partial charge in [-0.15, -0.1) is 0 Å². The zero-order valence-corrected chi connectivity index (χ0v) is 22.3. The van der Waals surface area contributed by atoms with Gasteiger partial charge in [0.2, 0.25) is 11.8 Å². The van der Waals surface area contributed by atoms with Gasteiger partial charge in [-0.25, -0.2) is 4.79 Å². The van der Waals surface area contributed by atoms with E-state index in [0.717, 1.165) is 29.7 Å². The molecule has 38 heavy (non-hydrogen) atoms. The molecule has 0 radical (unpaired) electrons. The molecule has 9 heteroatoms. The first-order valence-electron chi connectivity index (χ1n) is 13.2. The quantitative estimate of drug-likeness (QED) is 0.314. The number of carboxylic acids is 1. The molecule has 1 aliphatic carbocycles. The van der Waals surface area contributed by atoms with Crippen LogP contribution < -0.4 is 21.3 Å². The molecule has 0 aromatic heterocycles. The topological polar surface area (TPSA) is 137 Å². The second-order valence-electron chi connectivity index (χ2n) is 10.4. The Morgan fingerprint density at radius 2 is 1.63 bits per heavy atom. The summed E-state index contributed by atoms with van der Waals surface area (Å²) in [5.74, 6) is -1.99. The third-order valence-electron chi connectivity index (χ3n) is 6.74. The van der Waals surface area contributed by atoms with Crippen LogP contribution in [0, 0.1) is 18.8 Å². The second-order valence-corrected chi connectivity index (χ2v) is 10.4. The zero-order valence-electron chi connectivity index (χ0n) is 22.3. The molecule has 1 aliphatic rings. The van der Waals surface area contributed by atoms with Gasteiger partial charge in [0.1, 0.15) is 6.04 Å². The highest BCUT2D eigenvalue weighted by Gasteiger charge is 2.33. The highest BCUT2D eigenvalue weighted by Crippen LogP contribution is 2.25. The number of amides is 4. The SMILES string of the molecule is Cc1ccccc1NC(=O)Nc1ccc(CC(=O)N[C@@H](CC(C)C)C(=O)NC2CCCCC2C(=O)O)cc1. The van der Waals surface area contributed by atoms with Crippen LogP contribution in [0.5, 0.6) is 0 Å². The smallest absolute Gasteiger partial charge is 0.323 e. The molecule has 9 nitrogen and oxygen atoms in total. The van der Waals surface area contributed by atoms with Gasteiger partial charge in [0.05, 0.1) is 12.3 Å². The summed E-state index contributed by atoms with van der Waals surface area (Å²) >= 11 is 0. The molecular formula is C29H38N4O5. The van der Waals surface area contributed by atoms with E-state index >= 15 is 0 Å². The zero-order chi connectivity index (χ0) is 27.7. The van der Waals surface area contributed by atoms with Crippen molar-refractivity contribution in [2.24, 2.45) is 11.8 Å². The van der Waals surface area contributed by atoms with Crippen LogP contribution in [0.25, 0.3) is 0 Å². The van der Waals surface area contributed by atoms with E-state index in [0.29, 0.717) is 24.9 Å². The number of benzene rings is 2. The van der Waals surface area contributed by atoms with Gasteiger partial charge in [0, 0.05) is 17.4 Å². The summed E-state index contributed by atoms with van der Waals surface area (Å²) in [4.78, 5) is 49.8.